The highest BCUT2D eigenvalue weighted by Crippen LogP contribution is 2.19. The fourth-order valence-electron chi connectivity index (χ4n) is 4.24. The van der Waals surface area contributed by atoms with Crippen LogP contribution >= 0.6 is 0 Å². The molecule has 2 fully saturated rings. The molecule has 7 heteroatoms. The Morgan fingerprint density at radius 1 is 1.03 bits per heavy atom. The first-order valence-corrected chi connectivity index (χ1v) is 11.8. The molecule has 2 aliphatic rings. The van der Waals surface area contributed by atoms with E-state index < -0.39 is 0 Å². The number of urea groups is 1. The van der Waals surface area contributed by atoms with E-state index >= 15 is 0 Å². The van der Waals surface area contributed by atoms with Crippen molar-refractivity contribution in [2.75, 3.05) is 59.0 Å². The Bertz CT molecular complexity index is 671. The molecule has 0 aromatic heterocycles. The Morgan fingerprint density at radius 2 is 1.74 bits per heavy atom. The van der Waals surface area contributed by atoms with Gasteiger partial charge in [-0.1, -0.05) is 37.3 Å². The third kappa shape index (κ3) is 7.82. The van der Waals surface area contributed by atoms with E-state index in [0.717, 1.165) is 30.9 Å². The third-order valence-electron chi connectivity index (χ3n) is 6.35. The molecule has 0 saturated carbocycles. The number of nitrogens with one attached hydrogen (secondary N) is 2. The van der Waals surface area contributed by atoms with Gasteiger partial charge in [0.1, 0.15) is 0 Å². The second-order valence-corrected chi connectivity index (χ2v) is 8.77. The number of hydrogen-bond acceptors (Lipinski definition) is 4. The maximum Gasteiger partial charge on any atom is 0.314 e. The van der Waals surface area contributed by atoms with E-state index in [0.29, 0.717) is 32.8 Å². The van der Waals surface area contributed by atoms with Crippen molar-refractivity contribution in [1.29, 1.82) is 0 Å². The van der Waals surface area contributed by atoms with Crippen molar-refractivity contribution in [1.82, 2.24) is 20.4 Å². The Labute approximate surface area is 186 Å². The molecule has 3 rings (SSSR count). The van der Waals surface area contributed by atoms with Crippen LogP contribution in [-0.2, 0) is 9.53 Å². The Morgan fingerprint density at radius 3 is 2.45 bits per heavy atom. The van der Waals surface area contributed by atoms with Crippen LogP contribution in [0.3, 0.4) is 0 Å². The number of amides is 3. The fourth-order valence-corrected chi connectivity index (χ4v) is 4.24. The van der Waals surface area contributed by atoms with E-state index in [9.17, 15) is 9.59 Å². The summed E-state index contributed by atoms with van der Waals surface area (Å²) in [6, 6.07) is 9.48. The van der Waals surface area contributed by atoms with Crippen molar-refractivity contribution in [3.8, 4) is 0 Å². The predicted octanol–water partition coefficient (Wildman–Crippen LogP) is 2.44. The summed E-state index contributed by atoms with van der Waals surface area (Å²) < 4.78 is 5.36. The van der Waals surface area contributed by atoms with Gasteiger partial charge in [0.05, 0.1) is 19.1 Å². The summed E-state index contributed by atoms with van der Waals surface area (Å²) in [4.78, 5) is 29.7. The molecule has 3 amide bonds. The molecule has 172 valence electrons. The molecular formula is C24H38N4O3. The smallest absolute Gasteiger partial charge is 0.314 e. The van der Waals surface area contributed by atoms with Crippen LogP contribution in [0.15, 0.2) is 30.3 Å². The summed E-state index contributed by atoms with van der Waals surface area (Å²) >= 11 is 0. The number of hydrogen-bond donors (Lipinski definition) is 2. The zero-order valence-corrected chi connectivity index (χ0v) is 18.9. The Hall–Kier alpha value is -2.12. The van der Waals surface area contributed by atoms with Gasteiger partial charge < -0.3 is 25.2 Å². The molecule has 1 aromatic rings. The standard InChI is InChI=1S/C24H38N4O3/c1-20-9-13-27(14-10-20)12-6-5-11-25-24(30)26-19-22(21-7-3-2-4-8-21)23(29)28-15-17-31-18-16-28/h2-4,7-8,20,22H,5-6,9-19H2,1H3,(H2,25,26,30). The highest BCUT2D eigenvalue weighted by atomic mass is 16.5. The molecule has 7 nitrogen and oxygen atoms in total. The van der Waals surface area contributed by atoms with Gasteiger partial charge in [-0.2, -0.15) is 0 Å². The number of benzene rings is 1. The Balaban J connectivity index is 1.38. The summed E-state index contributed by atoms with van der Waals surface area (Å²) in [5.41, 5.74) is 0.926. The molecule has 1 aromatic carbocycles. The molecule has 0 spiro atoms. The number of carbonyl (C=O) groups excluding carboxylic acids is 2. The van der Waals surface area contributed by atoms with Gasteiger partial charge in [-0.05, 0) is 56.8 Å². The van der Waals surface area contributed by atoms with Crippen LogP contribution in [0, 0.1) is 5.92 Å². The summed E-state index contributed by atoms with van der Waals surface area (Å²) in [7, 11) is 0. The molecule has 0 radical (unpaired) electrons. The number of ether oxygens (including phenoxy) is 1. The summed E-state index contributed by atoms with van der Waals surface area (Å²) in [5.74, 6) is 0.522. The monoisotopic (exact) mass is 430 g/mol. The SMILES string of the molecule is CC1CCN(CCCCNC(=O)NCC(C(=O)N2CCOCC2)c2ccccc2)CC1. The Kier molecular flexibility index (Phi) is 9.62. The molecule has 2 aliphatic heterocycles. The molecule has 1 atom stereocenters. The van der Waals surface area contributed by atoms with Crippen LogP contribution in [0.5, 0.6) is 0 Å². The molecule has 2 heterocycles. The summed E-state index contributed by atoms with van der Waals surface area (Å²) in [6.45, 7) is 9.13. The molecule has 2 N–H and O–H groups in total. The number of likely N-dealkylation sites (tertiary alicyclic amines) is 1. The second-order valence-electron chi connectivity index (χ2n) is 8.77. The minimum Gasteiger partial charge on any atom is -0.378 e. The first-order chi connectivity index (χ1) is 15.1. The zero-order chi connectivity index (χ0) is 21.9. The van der Waals surface area contributed by atoms with Crippen LogP contribution in [0.1, 0.15) is 44.1 Å². The molecule has 2 saturated heterocycles. The van der Waals surface area contributed by atoms with E-state index in [-0.39, 0.29) is 24.4 Å². The highest BCUT2D eigenvalue weighted by molar-refractivity contribution is 5.85. The maximum atomic E-state index is 13.1. The van der Waals surface area contributed by atoms with E-state index in [1.165, 1.54) is 25.9 Å². The number of morpholine rings is 1. The molecule has 1 unspecified atom stereocenters. The lowest BCUT2D eigenvalue weighted by molar-refractivity contribution is -0.136. The van der Waals surface area contributed by atoms with Crippen molar-refractivity contribution in [2.24, 2.45) is 5.92 Å². The lowest BCUT2D eigenvalue weighted by atomic mass is 9.97. The first-order valence-electron chi connectivity index (χ1n) is 11.8. The van der Waals surface area contributed by atoms with Gasteiger partial charge in [0, 0.05) is 26.2 Å². The molecule has 0 bridgehead atoms. The van der Waals surface area contributed by atoms with E-state index in [1.807, 2.05) is 35.2 Å². The van der Waals surface area contributed by atoms with Crippen LogP contribution in [0.25, 0.3) is 0 Å². The number of unbranched alkanes of at least 4 members (excludes halogenated alkanes) is 1. The number of piperidine rings is 1. The molecular weight excluding hydrogens is 392 g/mol. The van der Waals surface area contributed by atoms with Crippen LogP contribution < -0.4 is 10.6 Å². The minimum absolute atomic E-state index is 0.0469. The minimum atomic E-state index is -0.383. The predicted molar refractivity (Wildman–Crippen MR) is 122 cm³/mol. The normalized spacial score (nSPS) is 19.1. The highest BCUT2D eigenvalue weighted by Gasteiger charge is 2.27. The van der Waals surface area contributed by atoms with Crippen LogP contribution in [-0.4, -0.2) is 80.8 Å². The van der Waals surface area contributed by atoms with Crippen LogP contribution in [0.2, 0.25) is 0 Å². The number of rotatable bonds is 9. The number of nitrogens with zero attached hydrogens (tertiary/aromatic N) is 2. The van der Waals surface area contributed by atoms with E-state index in [1.54, 1.807) is 0 Å². The topological polar surface area (TPSA) is 73.9 Å². The average molecular weight is 431 g/mol. The lowest BCUT2D eigenvalue weighted by Crippen LogP contribution is -2.46. The molecule has 0 aliphatic carbocycles. The van der Waals surface area contributed by atoms with E-state index in [4.69, 9.17) is 4.74 Å². The largest absolute Gasteiger partial charge is 0.378 e. The van der Waals surface area contributed by atoms with Gasteiger partial charge in [0.15, 0.2) is 0 Å². The van der Waals surface area contributed by atoms with Gasteiger partial charge in [0.25, 0.3) is 0 Å². The van der Waals surface area contributed by atoms with Gasteiger partial charge in [-0.3, -0.25) is 4.79 Å². The first kappa shape index (κ1) is 23.5. The quantitative estimate of drug-likeness (QED) is 0.590. The third-order valence-corrected chi connectivity index (χ3v) is 6.35. The van der Waals surface area contributed by atoms with E-state index in [2.05, 4.69) is 22.5 Å². The summed E-state index contributed by atoms with van der Waals surface area (Å²) in [5, 5.41) is 5.85. The summed E-state index contributed by atoms with van der Waals surface area (Å²) in [6.07, 6.45) is 4.66. The van der Waals surface area contributed by atoms with Crippen molar-refractivity contribution >= 4 is 11.9 Å². The van der Waals surface area contributed by atoms with Crippen LogP contribution in [0.4, 0.5) is 4.79 Å². The van der Waals surface area contributed by atoms with Gasteiger partial charge >= 0.3 is 6.03 Å². The van der Waals surface area contributed by atoms with Crippen molar-refractivity contribution in [2.45, 2.75) is 38.5 Å². The van der Waals surface area contributed by atoms with Crippen molar-refractivity contribution in [3.63, 3.8) is 0 Å². The average Bonchev–Trinajstić information content (AvgIpc) is 2.81. The number of carbonyl (C=O) groups is 2. The second kappa shape index (κ2) is 12.7. The van der Waals surface area contributed by atoms with Crippen molar-refractivity contribution in [3.05, 3.63) is 35.9 Å². The van der Waals surface area contributed by atoms with Gasteiger partial charge in [0.2, 0.25) is 5.91 Å². The van der Waals surface area contributed by atoms with Gasteiger partial charge in [-0.25, -0.2) is 4.79 Å². The lowest BCUT2D eigenvalue weighted by Gasteiger charge is -2.30. The maximum absolute atomic E-state index is 13.1. The van der Waals surface area contributed by atoms with Gasteiger partial charge in [-0.15, -0.1) is 0 Å². The fraction of sp³-hybridized carbons (Fsp3) is 0.667. The molecule has 31 heavy (non-hydrogen) atoms. The van der Waals surface area contributed by atoms with Crippen molar-refractivity contribution < 1.29 is 14.3 Å². The zero-order valence-electron chi connectivity index (χ0n) is 18.9.